The molecule has 0 spiro atoms. The topological polar surface area (TPSA) is 66.6 Å². The maximum atomic E-state index is 5.92. The third-order valence-corrected chi connectivity index (χ3v) is 3.38. The van der Waals surface area contributed by atoms with Crippen LogP contribution in [0.2, 0.25) is 0 Å². The molecule has 4 rings (SSSR count). The second kappa shape index (κ2) is 4.34. The summed E-state index contributed by atoms with van der Waals surface area (Å²) in [6.45, 7) is 3.88. The summed E-state index contributed by atoms with van der Waals surface area (Å²) in [6.07, 6.45) is 0. The molecule has 0 unspecified atom stereocenters. The molecular weight excluding hydrogens is 264 g/mol. The van der Waals surface area contributed by atoms with Crippen LogP contribution in [0.1, 0.15) is 11.6 Å². The van der Waals surface area contributed by atoms with E-state index in [0.29, 0.717) is 0 Å². The van der Waals surface area contributed by atoms with Gasteiger partial charge in [-0.2, -0.15) is 0 Å². The summed E-state index contributed by atoms with van der Waals surface area (Å²) in [6, 6.07) is 11.7. The normalized spacial score (nSPS) is 11.3. The Morgan fingerprint density at radius 2 is 1.24 bits per heavy atom. The minimum Gasteiger partial charge on any atom is -0.457 e. The van der Waals surface area contributed by atoms with Gasteiger partial charge in [0, 0.05) is 12.1 Å². The molecule has 2 aromatic carbocycles. The van der Waals surface area contributed by atoms with Gasteiger partial charge in [-0.3, -0.25) is 0 Å². The lowest BCUT2D eigenvalue weighted by Gasteiger charge is -2.05. The summed E-state index contributed by atoms with van der Waals surface area (Å²) in [5.74, 6) is 3.36. The lowest BCUT2D eigenvalue weighted by Crippen LogP contribution is -1.84. The van der Waals surface area contributed by atoms with Crippen molar-refractivity contribution in [2.75, 3.05) is 0 Å². The summed E-state index contributed by atoms with van der Waals surface area (Å²) >= 11 is 0. The van der Waals surface area contributed by atoms with Gasteiger partial charge in [0.15, 0.2) is 0 Å². The Balaban J connectivity index is 1.70. The second-order valence-electron chi connectivity index (χ2n) is 5.10. The molecule has 0 saturated carbocycles. The first kappa shape index (κ1) is 12.0. The van der Waals surface area contributed by atoms with Gasteiger partial charge in [0.1, 0.15) is 23.1 Å². The molecule has 2 heterocycles. The first-order valence-electron chi connectivity index (χ1n) is 6.78. The fourth-order valence-electron chi connectivity index (χ4n) is 2.50. The molecule has 0 bridgehead atoms. The average molecular weight is 278 g/mol. The van der Waals surface area contributed by atoms with Crippen LogP contribution in [-0.4, -0.2) is 19.9 Å². The summed E-state index contributed by atoms with van der Waals surface area (Å²) < 4.78 is 5.92. The number of nitrogens with zero attached hydrogens (tertiary/aromatic N) is 2. The Bertz CT molecular complexity index is 873. The Morgan fingerprint density at radius 3 is 1.71 bits per heavy atom. The molecule has 2 N–H and O–H groups in total. The first-order chi connectivity index (χ1) is 10.2. The number of hydrogen-bond acceptors (Lipinski definition) is 3. The average Bonchev–Trinajstić information content (AvgIpc) is 2.98. The molecule has 0 aliphatic rings. The van der Waals surface area contributed by atoms with Gasteiger partial charge in [-0.05, 0) is 38.1 Å². The zero-order chi connectivity index (χ0) is 14.4. The molecule has 0 saturated heterocycles. The van der Waals surface area contributed by atoms with Crippen LogP contribution in [-0.2, 0) is 0 Å². The van der Waals surface area contributed by atoms with Gasteiger partial charge in [-0.15, -0.1) is 0 Å². The number of imidazole rings is 2. The number of aromatic amines is 2. The fourth-order valence-corrected chi connectivity index (χ4v) is 2.50. The van der Waals surface area contributed by atoms with E-state index in [1.54, 1.807) is 0 Å². The van der Waals surface area contributed by atoms with E-state index >= 15 is 0 Å². The molecule has 2 aromatic heterocycles. The summed E-state index contributed by atoms with van der Waals surface area (Å²) in [4.78, 5) is 15.2. The lowest BCUT2D eigenvalue weighted by molar-refractivity contribution is 0.484. The number of rotatable bonds is 2. The highest BCUT2D eigenvalue weighted by atomic mass is 16.5. The quantitative estimate of drug-likeness (QED) is 0.585. The zero-order valence-electron chi connectivity index (χ0n) is 11.8. The van der Waals surface area contributed by atoms with E-state index in [-0.39, 0.29) is 0 Å². The van der Waals surface area contributed by atoms with Crippen molar-refractivity contribution in [2.24, 2.45) is 0 Å². The van der Waals surface area contributed by atoms with Gasteiger partial charge in [-0.25, -0.2) is 9.97 Å². The SMILES string of the molecule is Cc1nc2ccc(Oc3ccc4nc(C)[nH]c4c3)cc2[nH]1. The number of benzene rings is 2. The highest BCUT2D eigenvalue weighted by Crippen LogP contribution is 2.26. The van der Waals surface area contributed by atoms with Crippen LogP contribution in [0, 0.1) is 13.8 Å². The molecule has 0 aliphatic heterocycles. The Morgan fingerprint density at radius 1 is 0.762 bits per heavy atom. The molecule has 0 aliphatic carbocycles. The van der Waals surface area contributed by atoms with Crippen molar-refractivity contribution in [2.45, 2.75) is 13.8 Å². The van der Waals surface area contributed by atoms with Crippen LogP contribution < -0.4 is 4.74 Å². The van der Waals surface area contributed by atoms with E-state index in [9.17, 15) is 0 Å². The molecule has 0 radical (unpaired) electrons. The standard InChI is InChI=1S/C16H14N4O/c1-9-17-13-5-3-11(7-15(13)19-9)21-12-4-6-14-16(8-12)20-10(2)18-14/h3-8H,1-2H3,(H,17,19)(H,18,20). The van der Waals surface area contributed by atoms with Crippen molar-refractivity contribution in [3.8, 4) is 11.5 Å². The maximum absolute atomic E-state index is 5.92. The monoisotopic (exact) mass is 278 g/mol. The van der Waals surface area contributed by atoms with E-state index in [0.717, 1.165) is 45.2 Å². The minimum atomic E-state index is 0.779. The summed E-state index contributed by atoms with van der Waals surface area (Å²) in [5, 5.41) is 0. The van der Waals surface area contributed by atoms with E-state index in [2.05, 4.69) is 19.9 Å². The number of ether oxygens (including phenoxy) is 1. The largest absolute Gasteiger partial charge is 0.457 e. The third kappa shape index (κ3) is 2.12. The van der Waals surface area contributed by atoms with Crippen molar-refractivity contribution in [1.29, 1.82) is 0 Å². The second-order valence-corrected chi connectivity index (χ2v) is 5.10. The van der Waals surface area contributed by atoms with Crippen molar-refractivity contribution in [3.05, 3.63) is 48.0 Å². The predicted octanol–water partition coefficient (Wildman–Crippen LogP) is 3.85. The van der Waals surface area contributed by atoms with Crippen LogP contribution in [0.25, 0.3) is 22.1 Å². The smallest absolute Gasteiger partial charge is 0.129 e. The third-order valence-electron chi connectivity index (χ3n) is 3.38. The molecule has 5 heteroatoms. The number of H-pyrrole nitrogens is 2. The van der Waals surface area contributed by atoms with E-state index in [4.69, 9.17) is 4.74 Å². The van der Waals surface area contributed by atoms with Gasteiger partial charge in [-0.1, -0.05) is 0 Å². The summed E-state index contributed by atoms with van der Waals surface area (Å²) in [7, 11) is 0. The van der Waals surface area contributed by atoms with Crippen LogP contribution >= 0.6 is 0 Å². The fraction of sp³-hybridized carbons (Fsp3) is 0.125. The number of hydrogen-bond donors (Lipinski definition) is 2. The molecule has 0 fully saturated rings. The first-order valence-corrected chi connectivity index (χ1v) is 6.78. The molecule has 5 nitrogen and oxygen atoms in total. The molecule has 104 valence electrons. The molecule has 0 atom stereocenters. The Kier molecular flexibility index (Phi) is 2.47. The molecule has 0 amide bonds. The number of fused-ring (bicyclic) bond motifs is 2. The van der Waals surface area contributed by atoms with E-state index in [1.807, 2.05) is 50.2 Å². The Labute approximate surface area is 121 Å². The van der Waals surface area contributed by atoms with E-state index < -0.39 is 0 Å². The summed E-state index contributed by atoms with van der Waals surface area (Å²) in [5.41, 5.74) is 3.84. The highest BCUT2D eigenvalue weighted by Gasteiger charge is 2.05. The van der Waals surface area contributed by atoms with E-state index in [1.165, 1.54) is 0 Å². The van der Waals surface area contributed by atoms with Crippen molar-refractivity contribution in [3.63, 3.8) is 0 Å². The minimum absolute atomic E-state index is 0.779. The number of aryl methyl sites for hydroxylation is 2. The molecule has 21 heavy (non-hydrogen) atoms. The van der Waals surface area contributed by atoms with Crippen LogP contribution in [0.5, 0.6) is 11.5 Å². The van der Waals surface area contributed by atoms with Gasteiger partial charge in [0.05, 0.1) is 22.1 Å². The zero-order valence-corrected chi connectivity index (χ0v) is 11.8. The van der Waals surface area contributed by atoms with Crippen molar-refractivity contribution < 1.29 is 4.74 Å². The van der Waals surface area contributed by atoms with Crippen LogP contribution in [0.3, 0.4) is 0 Å². The number of aromatic nitrogens is 4. The predicted molar refractivity (Wildman–Crippen MR) is 81.7 cm³/mol. The molecule has 4 aromatic rings. The van der Waals surface area contributed by atoms with Crippen LogP contribution in [0.15, 0.2) is 36.4 Å². The van der Waals surface area contributed by atoms with Crippen LogP contribution in [0.4, 0.5) is 0 Å². The lowest BCUT2D eigenvalue weighted by atomic mass is 10.3. The van der Waals surface area contributed by atoms with Gasteiger partial charge in [0.2, 0.25) is 0 Å². The van der Waals surface area contributed by atoms with Crippen molar-refractivity contribution >= 4 is 22.1 Å². The molecular formula is C16H14N4O. The van der Waals surface area contributed by atoms with Gasteiger partial charge >= 0.3 is 0 Å². The maximum Gasteiger partial charge on any atom is 0.129 e. The van der Waals surface area contributed by atoms with Gasteiger partial charge in [0.25, 0.3) is 0 Å². The number of nitrogens with one attached hydrogen (secondary N) is 2. The van der Waals surface area contributed by atoms with Gasteiger partial charge < -0.3 is 14.7 Å². The van der Waals surface area contributed by atoms with Crippen molar-refractivity contribution in [1.82, 2.24) is 19.9 Å². The highest BCUT2D eigenvalue weighted by molar-refractivity contribution is 5.78. The Hall–Kier alpha value is -2.82.